The minimum absolute atomic E-state index is 0.0475. The number of piperazine rings is 1. The summed E-state index contributed by atoms with van der Waals surface area (Å²) in [5.41, 5.74) is 5.27. The first-order chi connectivity index (χ1) is 18.4. The number of aromatic nitrogens is 4. The number of nitrogens with zero attached hydrogens (tertiary/aromatic N) is 7. The summed E-state index contributed by atoms with van der Waals surface area (Å²) in [5.74, 6) is -0.0475. The van der Waals surface area contributed by atoms with E-state index in [4.69, 9.17) is 0 Å². The molecule has 38 heavy (non-hydrogen) atoms. The third kappa shape index (κ3) is 4.13. The molecule has 1 saturated heterocycles. The zero-order valence-corrected chi connectivity index (χ0v) is 21.4. The van der Waals surface area contributed by atoms with Crippen LogP contribution in [0.3, 0.4) is 0 Å². The van der Waals surface area contributed by atoms with Crippen molar-refractivity contribution in [3.8, 4) is 28.3 Å². The molecule has 10 nitrogen and oxygen atoms in total. The van der Waals surface area contributed by atoms with Crippen LogP contribution in [0.2, 0.25) is 0 Å². The van der Waals surface area contributed by atoms with Gasteiger partial charge in [-0.15, -0.1) is 0 Å². The molecule has 2 fully saturated rings. The van der Waals surface area contributed by atoms with Crippen molar-refractivity contribution >= 4 is 27.1 Å². The van der Waals surface area contributed by atoms with Crippen molar-refractivity contribution < 1.29 is 13.2 Å². The van der Waals surface area contributed by atoms with E-state index in [2.05, 4.69) is 27.7 Å². The number of rotatable bonds is 6. The Morgan fingerprint density at radius 1 is 1.00 bits per heavy atom. The molecule has 3 aromatic heterocycles. The fourth-order valence-electron chi connectivity index (χ4n) is 4.86. The average molecular weight is 528 g/mol. The van der Waals surface area contributed by atoms with E-state index in [1.165, 1.54) is 18.5 Å². The molecule has 6 rings (SSSR count). The number of pyridine rings is 1. The Hall–Kier alpha value is -4.43. The van der Waals surface area contributed by atoms with Crippen LogP contribution in [-0.4, -0.2) is 69.5 Å². The number of anilines is 1. The lowest BCUT2D eigenvalue weighted by Gasteiger charge is -2.35. The van der Waals surface area contributed by atoms with Gasteiger partial charge in [-0.25, -0.2) is 12.9 Å². The van der Waals surface area contributed by atoms with E-state index in [0.29, 0.717) is 42.6 Å². The predicted octanol–water partition coefficient (Wildman–Crippen LogP) is 2.91. The van der Waals surface area contributed by atoms with Gasteiger partial charge in [0.25, 0.3) is 10.0 Å². The number of benzene rings is 1. The van der Waals surface area contributed by atoms with Crippen LogP contribution in [0.4, 0.5) is 5.69 Å². The smallest absolute Gasteiger partial charge is 0.256 e. The molecule has 0 unspecified atom stereocenters. The summed E-state index contributed by atoms with van der Waals surface area (Å²) in [6.45, 7) is 6.30. The van der Waals surface area contributed by atoms with Crippen LogP contribution < -0.4 is 4.90 Å². The number of hydrogen-bond donors (Lipinski definition) is 0. The Balaban J connectivity index is 1.34. The maximum Gasteiger partial charge on any atom is 0.256 e. The van der Waals surface area contributed by atoms with Crippen molar-refractivity contribution in [3.05, 3.63) is 73.3 Å². The van der Waals surface area contributed by atoms with Crippen molar-refractivity contribution in [1.29, 1.82) is 5.26 Å². The summed E-state index contributed by atoms with van der Waals surface area (Å²) in [6, 6.07) is 12.2. The van der Waals surface area contributed by atoms with Gasteiger partial charge in [-0.1, -0.05) is 18.7 Å². The molecule has 11 heteroatoms. The lowest BCUT2D eigenvalue weighted by atomic mass is 9.99. The van der Waals surface area contributed by atoms with Crippen molar-refractivity contribution in [2.45, 2.75) is 18.1 Å². The highest BCUT2D eigenvalue weighted by Crippen LogP contribution is 2.34. The number of nitriles is 1. The Kier molecular flexibility index (Phi) is 5.76. The number of amides is 1. The van der Waals surface area contributed by atoms with E-state index in [1.807, 2.05) is 30.3 Å². The SMILES string of the molecule is C=CC(=O)N1CCN(c2ccc(-c3cc(-c4cnn(S(=O)(=O)C5CC5)c4)cn4ncc(C#N)c34)cc2)CC1. The largest absolute Gasteiger partial charge is 0.368 e. The average Bonchev–Trinajstić information content (AvgIpc) is 3.55. The maximum atomic E-state index is 12.6. The van der Waals surface area contributed by atoms with Crippen LogP contribution >= 0.6 is 0 Å². The second kappa shape index (κ2) is 9.15. The van der Waals surface area contributed by atoms with E-state index in [9.17, 15) is 18.5 Å². The molecule has 0 spiro atoms. The fourth-order valence-corrected chi connectivity index (χ4v) is 6.34. The summed E-state index contributed by atoms with van der Waals surface area (Å²) in [5, 5.41) is 17.8. The highest BCUT2D eigenvalue weighted by molar-refractivity contribution is 7.90. The minimum Gasteiger partial charge on any atom is -0.368 e. The van der Waals surface area contributed by atoms with E-state index in [1.54, 1.807) is 21.8 Å². The third-order valence-corrected chi connectivity index (χ3v) is 9.18. The number of fused-ring (bicyclic) bond motifs is 1. The van der Waals surface area contributed by atoms with Crippen LogP contribution in [0, 0.1) is 11.3 Å². The Labute approximate surface area is 220 Å². The molecule has 0 radical (unpaired) electrons. The van der Waals surface area contributed by atoms with Gasteiger partial charge in [-0.05, 0) is 42.7 Å². The van der Waals surface area contributed by atoms with Crippen LogP contribution in [0.15, 0.2) is 67.8 Å². The first-order valence-electron chi connectivity index (χ1n) is 12.4. The Bertz CT molecular complexity index is 1700. The predicted molar refractivity (Wildman–Crippen MR) is 143 cm³/mol. The number of hydrogen-bond acceptors (Lipinski definition) is 7. The van der Waals surface area contributed by atoms with Crippen molar-refractivity contribution in [2.75, 3.05) is 31.1 Å². The van der Waals surface area contributed by atoms with Gasteiger partial charge in [0.2, 0.25) is 5.91 Å². The zero-order valence-electron chi connectivity index (χ0n) is 20.6. The third-order valence-electron chi connectivity index (χ3n) is 7.14. The molecule has 192 valence electrons. The van der Waals surface area contributed by atoms with Crippen LogP contribution in [-0.2, 0) is 14.8 Å². The molecular weight excluding hydrogens is 502 g/mol. The molecule has 0 atom stereocenters. The summed E-state index contributed by atoms with van der Waals surface area (Å²) in [6.07, 6.45) is 9.06. The zero-order chi connectivity index (χ0) is 26.4. The van der Waals surface area contributed by atoms with Crippen molar-refractivity contribution in [1.82, 2.24) is 23.7 Å². The van der Waals surface area contributed by atoms with Crippen LogP contribution in [0.5, 0.6) is 0 Å². The minimum atomic E-state index is -3.47. The first kappa shape index (κ1) is 23.9. The Morgan fingerprint density at radius 3 is 2.39 bits per heavy atom. The molecule has 2 aliphatic rings. The fraction of sp³-hybridized carbons (Fsp3) is 0.259. The standard InChI is InChI=1S/C27H25N7O3S/c1-2-26(35)32-11-9-31(10-12-32)23-5-3-19(4-6-23)25-13-20(17-33-27(25)21(14-28)15-29-33)22-16-30-34(18-22)38(36,37)24-7-8-24/h2-6,13,15-18,24H,1,7-12H2. The quantitative estimate of drug-likeness (QED) is 0.354. The van der Waals surface area contributed by atoms with Gasteiger partial charge < -0.3 is 9.80 Å². The molecule has 1 aliphatic heterocycles. The molecule has 1 amide bonds. The summed E-state index contributed by atoms with van der Waals surface area (Å²) in [7, 11) is -3.47. The molecule has 0 bridgehead atoms. The summed E-state index contributed by atoms with van der Waals surface area (Å²) < 4.78 is 28.0. The second-order valence-electron chi connectivity index (χ2n) is 9.51. The van der Waals surface area contributed by atoms with E-state index in [0.717, 1.165) is 39.6 Å². The summed E-state index contributed by atoms with van der Waals surface area (Å²) >= 11 is 0. The molecule has 1 saturated carbocycles. The molecule has 4 heterocycles. The normalized spacial score (nSPS) is 16.0. The highest BCUT2D eigenvalue weighted by atomic mass is 32.2. The molecule has 1 aliphatic carbocycles. The molecule has 4 aromatic rings. The van der Waals surface area contributed by atoms with Gasteiger partial charge in [0.05, 0.1) is 34.9 Å². The lowest BCUT2D eigenvalue weighted by molar-refractivity contribution is -0.126. The molecular formula is C27H25N7O3S. The van der Waals surface area contributed by atoms with Gasteiger partial charge in [0, 0.05) is 54.8 Å². The number of carbonyl (C=O) groups excluding carboxylic acids is 1. The Morgan fingerprint density at radius 2 is 1.74 bits per heavy atom. The maximum absolute atomic E-state index is 12.6. The van der Waals surface area contributed by atoms with E-state index < -0.39 is 10.0 Å². The molecule has 1 aromatic carbocycles. The van der Waals surface area contributed by atoms with E-state index in [-0.39, 0.29) is 11.2 Å². The first-order valence-corrected chi connectivity index (χ1v) is 13.9. The van der Waals surface area contributed by atoms with Gasteiger partial charge in [0.15, 0.2) is 0 Å². The van der Waals surface area contributed by atoms with Gasteiger partial charge in [-0.3, -0.25) is 4.79 Å². The lowest BCUT2D eigenvalue weighted by Crippen LogP contribution is -2.48. The van der Waals surface area contributed by atoms with Gasteiger partial charge in [-0.2, -0.15) is 19.5 Å². The van der Waals surface area contributed by atoms with E-state index >= 15 is 0 Å². The summed E-state index contributed by atoms with van der Waals surface area (Å²) in [4.78, 5) is 15.9. The second-order valence-corrected chi connectivity index (χ2v) is 11.6. The van der Waals surface area contributed by atoms with Gasteiger partial charge in [0.1, 0.15) is 6.07 Å². The van der Waals surface area contributed by atoms with Crippen LogP contribution in [0.1, 0.15) is 18.4 Å². The van der Waals surface area contributed by atoms with Gasteiger partial charge >= 0.3 is 0 Å². The van der Waals surface area contributed by atoms with Crippen LogP contribution in [0.25, 0.3) is 27.8 Å². The highest BCUT2D eigenvalue weighted by Gasteiger charge is 2.37. The molecule has 0 N–H and O–H groups in total. The topological polar surface area (TPSA) is 117 Å². The van der Waals surface area contributed by atoms with Crippen molar-refractivity contribution in [3.63, 3.8) is 0 Å². The monoisotopic (exact) mass is 527 g/mol. The number of carbonyl (C=O) groups is 1. The van der Waals surface area contributed by atoms with Crippen molar-refractivity contribution in [2.24, 2.45) is 0 Å².